The van der Waals surface area contributed by atoms with Crippen LogP contribution in [0.25, 0.3) is 0 Å². The number of ketones is 1. The monoisotopic (exact) mass is 420 g/mol. The molecule has 1 unspecified atom stereocenters. The van der Waals surface area contributed by atoms with Gasteiger partial charge in [0.1, 0.15) is 11.4 Å². The minimum absolute atomic E-state index is 0.133. The van der Waals surface area contributed by atoms with Gasteiger partial charge in [0.2, 0.25) is 0 Å². The quantitative estimate of drug-likeness (QED) is 0.698. The van der Waals surface area contributed by atoms with Gasteiger partial charge in [0.25, 0.3) is 0 Å². The molecule has 0 N–H and O–H groups in total. The fraction of sp³-hybridized carbons (Fsp3) is 0.519. The zero-order valence-electron chi connectivity index (χ0n) is 18.6. The molecule has 5 rings (SSSR count). The molecule has 4 heteroatoms. The predicted molar refractivity (Wildman–Crippen MR) is 122 cm³/mol. The highest BCUT2D eigenvalue weighted by atomic mass is 19.1. The molecule has 0 amide bonds. The van der Waals surface area contributed by atoms with E-state index < -0.39 is 5.54 Å². The average Bonchev–Trinajstić information content (AvgIpc) is 3.07. The first kappa shape index (κ1) is 20.8. The number of carbonyl (C=O) groups is 1. The van der Waals surface area contributed by atoms with Crippen molar-refractivity contribution in [1.82, 2.24) is 9.80 Å². The van der Waals surface area contributed by atoms with Crippen LogP contribution in [0, 0.1) is 18.7 Å². The molecule has 1 heterocycles. The number of halogens is 1. The van der Waals surface area contributed by atoms with Gasteiger partial charge in [0, 0.05) is 44.7 Å². The molecular weight excluding hydrogens is 387 g/mol. The summed E-state index contributed by atoms with van der Waals surface area (Å²) in [5.74, 6) is 0.712. The Hall–Kier alpha value is -2.04. The second-order valence-corrected chi connectivity index (χ2v) is 9.83. The second-order valence-electron chi connectivity index (χ2n) is 9.83. The van der Waals surface area contributed by atoms with Gasteiger partial charge >= 0.3 is 0 Å². The predicted octanol–water partition coefficient (Wildman–Crippen LogP) is 4.97. The van der Waals surface area contributed by atoms with Crippen LogP contribution < -0.4 is 0 Å². The summed E-state index contributed by atoms with van der Waals surface area (Å²) in [6.45, 7) is 7.03. The van der Waals surface area contributed by atoms with E-state index in [0.717, 1.165) is 48.8 Å². The lowest BCUT2D eigenvalue weighted by Crippen LogP contribution is -2.58. The average molecular weight is 421 g/mol. The van der Waals surface area contributed by atoms with Crippen LogP contribution in [0.1, 0.15) is 59.2 Å². The molecule has 2 aromatic rings. The van der Waals surface area contributed by atoms with Crippen molar-refractivity contribution in [3.8, 4) is 0 Å². The second kappa shape index (κ2) is 8.48. The van der Waals surface area contributed by atoms with Crippen molar-refractivity contribution in [2.45, 2.75) is 51.0 Å². The van der Waals surface area contributed by atoms with E-state index in [-0.39, 0.29) is 11.6 Å². The van der Waals surface area contributed by atoms with Gasteiger partial charge in [-0.05, 0) is 55.0 Å². The maximum atomic E-state index is 14.0. The van der Waals surface area contributed by atoms with Crippen LogP contribution in [0.3, 0.4) is 0 Å². The SMILES string of the molecule is Cc1cccc(C2(N3CCN(CC4CCCCC4)CC3)Cc3cc(F)ccc3C2=O)c1. The van der Waals surface area contributed by atoms with Crippen LogP contribution in [0.2, 0.25) is 0 Å². The number of Topliss-reactive ketones (excluding diaryl/α,β-unsaturated/α-hetero) is 1. The highest BCUT2D eigenvalue weighted by molar-refractivity contribution is 6.08. The van der Waals surface area contributed by atoms with Crippen LogP contribution in [0.5, 0.6) is 0 Å². The fourth-order valence-corrected chi connectivity index (χ4v) is 6.13. The van der Waals surface area contributed by atoms with Crippen molar-refractivity contribution in [2.75, 3.05) is 32.7 Å². The van der Waals surface area contributed by atoms with E-state index >= 15 is 0 Å². The van der Waals surface area contributed by atoms with E-state index in [1.807, 2.05) is 6.07 Å². The number of carbonyl (C=O) groups excluding carboxylic acids is 1. The fourth-order valence-electron chi connectivity index (χ4n) is 6.13. The Bertz CT molecular complexity index is 959. The van der Waals surface area contributed by atoms with Gasteiger partial charge in [0.15, 0.2) is 5.78 Å². The molecule has 3 aliphatic rings. The van der Waals surface area contributed by atoms with Gasteiger partial charge in [-0.15, -0.1) is 0 Å². The Kier molecular flexibility index (Phi) is 5.70. The van der Waals surface area contributed by atoms with E-state index in [1.54, 1.807) is 12.1 Å². The van der Waals surface area contributed by atoms with Gasteiger partial charge in [-0.3, -0.25) is 9.69 Å². The number of aryl methyl sites for hydroxylation is 1. The summed E-state index contributed by atoms with van der Waals surface area (Å²) >= 11 is 0. The molecule has 0 bridgehead atoms. The normalized spacial score (nSPS) is 25.7. The van der Waals surface area contributed by atoms with Crippen molar-refractivity contribution in [3.63, 3.8) is 0 Å². The molecule has 1 atom stereocenters. The van der Waals surface area contributed by atoms with Gasteiger partial charge in [-0.25, -0.2) is 4.39 Å². The van der Waals surface area contributed by atoms with Crippen molar-refractivity contribution in [1.29, 1.82) is 0 Å². The van der Waals surface area contributed by atoms with Crippen molar-refractivity contribution in [3.05, 3.63) is 70.5 Å². The first-order valence-electron chi connectivity index (χ1n) is 11.9. The molecule has 0 spiro atoms. The van der Waals surface area contributed by atoms with Crippen LogP contribution >= 0.6 is 0 Å². The van der Waals surface area contributed by atoms with E-state index in [9.17, 15) is 9.18 Å². The standard InChI is InChI=1S/C27H33FN2O/c1-20-6-5-9-23(16-20)27(18-22-17-24(28)10-11-25(22)26(27)31)30-14-12-29(13-15-30)19-21-7-3-2-4-8-21/h5-6,9-11,16-17,21H,2-4,7-8,12-15,18-19H2,1H3. The number of rotatable bonds is 4. The Morgan fingerprint density at radius 2 is 1.77 bits per heavy atom. The maximum absolute atomic E-state index is 14.0. The molecule has 1 saturated carbocycles. The summed E-state index contributed by atoms with van der Waals surface area (Å²) in [6, 6.07) is 13.0. The summed E-state index contributed by atoms with van der Waals surface area (Å²) in [7, 11) is 0. The smallest absolute Gasteiger partial charge is 0.188 e. The molecule has 164 valence electrons. The molecule has 2 aromatic carbocycles. The van der Waals surface area contributed by atoms with Gasteiger partial charge in [0.05, 0.1) is 0 Å². The number of benzene rings is 2. The van der Waals surface area contributed by atoms with Gasteiger partial charge < -0.3 is 4.90 Å². The third-order valence-electron chi connectivity index (χ3n) is 7.78. The van der Waals surface area contributed by atoms with Crippen LogP contribution in [0.4, 0.5) is 4.39 Å². The van der Waals surface area contributed by atoms with E-state index in [2.05, 4.69) is 34.9 Å². The van der Waals surface area contributed by atoms with Crippen LogP contribution in [0.15, 0.2) is 42.5 Å². The van der Waals surface area contributed by atoms with Crippen molar-refractivity contribution in [2.24, 2.45) is 5.92 Å². The summed E-state index contributed by atoms with van der Waals surface area (Å²) in [5.41, 5.74) is 3.03. The molecule has 1 saturated heterocycles. The number of fused-ring (bicyclic) bond motifs is 1. The summed E-state index contributed by atoms with van der Waals surface area (Å²) in [5, 5.41) is 0. The minimum atomic E-state index is -0.709. The largest absolute Gasteiger partial charge is 0.301 e. The third-order valence-corrected chi connectivity index (χ3v) is 7.78. The van der Waals surface area contributed by atoms with Crippen LogP contribution in [-0.4, -0.2) is 48.3 Å². The summed E-state index contributed by atoms with van der Waals surface area (Å²) in [4.78, 5) is 18.8. The third kappa shape index (κ3) is 3.85. The zero-order chi connectivity index (χ0) is 21.4. The van der Waals surface area contributed by atoms with E-state index in [1.165, 1.54) is 44.7 Å². The highest BCUT2D eigenvalue weighted by Crippen LogP contribution is 2.43. The first-order chi connectivity index (χ1) is 15.1. The lowest BCUT2D eigenvalue weighted by molar-refractivity contribution is 0.0258. The lowest BCUT2D eigenvalue weighted by Gasteiger charge is -2.46. The number of hydrogen-bond donors (Lipinski definition) is 0. The lowest BCUT2D eigenvalue weighted by atomic mass is 9.82. The summed E-state index contributed by atoms with van der Waals surface area (Å²) < 4.78 is 14.0. The maximum Gasteiger partial charge on any atom is 0.188 e. The Labute approximate surface area is 185 Å². The van der Waals surface area contributed by atoms with E-state index in [4.69, 9.17) is 0 Å². The number of hydrogen-bond acceptors (Lipinski definition) is 3. The molecule has 3 nitrogen and oxygen atoms in total. The Morgan fingerprint density at radius 3 is 2.52 bits per heavy atom. The number of piperazine rings is 1. The molecule has 1 aliphatic heterocycles. The zero-order valence-corrected chi connectivity index (χ0v) is 18.6. The molecule has 0 aromatic heterocycles. The molecule has 0 radical (unpaired) electrons. The summed E-state index contributed by atoms with van der Waals surface area (Å²) in [6.07, 6.45) is 7.45. The van der Waals surface area contributed by atoms with Crippen LogP contribution in [-0.2, 0) is 12.0 Å². The van der Waals surface area contributed by atoms with Crippen molar-refractivity contribution < 1.29 is 9.18 Å². The minimum Gasteiger partial charge on any atom is -0.301 e. The van der Waals surface area contributed by atoms with E-state index in [0.29, 0.717) is 12.0 Å². The van der Waals surface area contributed by atoms with Crippen molar-refractivity contribution >= 4 is 5.78 Å². The molecule has 31 heavy (non-hydrogen) atoms. The Balaban J connectivity index is 1.41. The first-order valence-corrected chi connectivity index (χ1v) is 11.9. The highest BCUT2D eigenvalue weighted by Gasteiger charge is 2.51. The molecule has 2 fully saturated rings. The topological polar surface area (TPSA) is 23.6 Å². The molecule has 2 aliphatic carbocycles. The van der Waals surface area contributed by atoms with Gasteiger partial charge in [-0.1, -0.05) is 49.1 Å². The number of nitrogens with zero attached hydrogens (tertiary/aromatic N) is 2. The van der Waals surface area contributed by atoms with Gasteiger partial charge in [-0.2, -0.15) is 0 Å². The Morgan fingerprint density at radius 1 is 1.00 bits per heavy atom. The molecular formula is C27H33FN2O.